The quantitative estimate of drug-likeness (QED) is 0.777. The zero-order valence-electron chi connectivity index (χ0n) is 11.0. The van der Waals surface area contributed by atoms with Crippen molar-refractivity contribution in [1.29, 1.82) is 0 Å². The molecule has 1 N–H and O–H groups in total. The van der Waals surface area contributed by atoms with Crippen molar-refractivity contribution in [2.75, 3.05) is 12.4 Å². The Labute approximate surface area is 111 Å². The van der Waals surface area contributed by atoms with Gasteiger partial charge in [-0.1, -0.05) is 18.2 Å². The maximum absolute atomic E-state index is 4.45. The number of aromatic nitrogens is 4. The first-order chi connectivity index (χ1) is 9.26. The summed E-state index contributed by atoms with van der Waals surface area (Å²) in [7, 11) is 1.86. The average Bonchev–Trinajstić information content (AvgIpc) is 2.82. The largest absolute Gasteiger partial charge is 0.373 e. The highest BCUT2D eigenvalue weighted by Gasteiger charge is 2.06. The lowest BCUT2D eigenvalue weighted by Crippen LogP contribution is -2.08. The molecule has 3 rings (SSSR count). The van der Waals surface area contributed by atoms with E-state index in [2.05, 4.69) is 32.5 Å². The minimum Gasteiger partial charge on any atom is -0.373 e. The SMILES string of the molecule is CNc1cc(C)nc(Cn2ncc3ccccc32)n1. The number of anilines is 1. The third-order valence-electron chi connectivity index (χ3n) is 3.00. The molecule has 0 fully saturated rings. The van der Waals surface area contributed by atoms with Crippen LogP contribution in [0, 0.1) is 6.92 Å². The Bertz CT molecular complexity index is 717. The highest BCUT2D eigenvalue weighted by molar-refractivity contribution is 5.78. The fourth-order valence-corrected chi connectivity index (χ4v) is 2.11. The van der Waals surface area contributed by atoms with E-state index in [4.69, 9.17) is 0 Å². The number of hydrogen-bond acceptors (Lipinski definition) is 4. The molecule has 2 aromatic heterocycles. The van der Waals surface area contributed by atoms with Gasteiger partial charge in [0.05, 0.1) is 11.7 Å². The topological polar surface area (TPSA) is 55.6 Å². The molecule has 0 radical (unpaired) electrons. The molecule has 0 unspecified atom stereocenters. The first kappa shape index (κ1) is 11.6. The summed E-state index contributed by atoms with van der Waals surface area (Å²) in [5.41, 5.74) is 2.05. The van der Waals surface area contributed by atoms with E-state index in [0.29, 0.717) is 6.54 Å². The van der Waals surface area contributed by atoms with E-state index in [1.54, 1.807) is 0 Å². The molecular formula is C14H15N5. The first-order valence-corrected chi connectivity index (χ1v) is 6.19. The summed E-state index contributed by atoms with van der Waals surface area (Å²) in [6.07, 6.45) is 1.87. The van der Waals surface area contributed by atoms with E-state index in [9.17, 15) is 0 Å². The van der Waals surface area contributed by atoms with Gasteiger partial charge in [-0.25, -0.2) is 9.97 Å². The van der Waals surface area contributed by atoms with Crippen molar-refractivity contribution in [2.45, 2.75) is 13.5 Å². The number of benzene rings is 1. The zero-order valence-corrected chi connectivity index (χ0v) is 11.0. The molecule has 0 saturated carbocycles. The van der Waals surface area contributed by atoms with Crippen LogP contribution in [0.4, 0.5) is 5.82 Å². The van der Waals surface area contributed by atoms with Gasteiger partial charge in [-0.05, 0) is 13.0 Å². The summed E-state index contributed by atoms with van der Waals surface area (Å²) in [5.74, 6) is 1.59. The van der Waals surface area contributed by atoms with Gasteiger partial charge in [-0.3, -0.25) is 4.68 Å². The molecule has 0 spiro atoms. The van der Waals surface area contributed by atoms with Crippen LogP contribution >= 0.6 is 0 Å². The normalized spacial score (nSPS) is 10.8. The Morgan fingerprint density at radius 2 is 2.05 bits per heavy atom. The van der Waals surface area contributed by atoms with Crippen molar-refractivity contribution in [3.63, 3.8) is 0 Å². The van der Waals surface area contributed by atoms with Crippen LogP contribution in [0.2, 0.25) is 0 Å². The fraction of sp³-hybridized carbons (Fsp3) is 0.214. The summed E-state index contributed by atoms with van der Waals surface area (Å²) in [6.45, 7) is 2.54. The van der Waals surface area contributed by atoms with Crippen LogP contribution in [0.1, 0.15) is 11.5 Å². The number of para-hydroxylation sites is 1. The average molecular weight is 253 g/mol. The maximum Gasteiger partial charge on any atom is 0.152 e. The minimum absolute atomic E-state index is 0.573. The standard InChI is InChI=1S/C14H15N5/c1-10-7-13(15-2)18-14(17-10)9-19-12-6-4-3-5-11(12)8-16-19/h3-8H,9H2,1-2H3,(H,15,17,18). The van der Waals surface area contributed by atoms with E-state index >= 15 is 0 Å². The summed E-state index contributed by atoms with van der Waals surface area (Å²) in [6, 6.07) is 10.0. The van der Waals surface area contributed by atoms with E-state index in [0.717, 1.165) is 28.2 Å². The Balaban J connectivity index is 1.99. The molecule has 0 bridgehead atoms. The minimum atomic E-state index is 0.573. The van der Waals surface area contributed by atoms with Crippen LogP contribution in [-0.4, -0.2) is 26.8 Å². The highest BCUT2D eigenvalue weighted by atomic mass is 15.3. The van der Waals surface area contributed by atoms with Crippen molar-refractivity contribution in [3.05, 3.63) is 48.0 Å². The van der Waals surface area contributed by atoms with Crippen LogP contribution in [0.3, 0.4) is 0 Å². The van der Waals surface area contributed by atoms with Gasteiger partial charge >= 0.3 is 0 Å². The molecule has 0 saturated heterocycles. The number of aryl methyl sites for hydroxylation is 1. The second-order valence-corrected chi connectivity index (χ2v) is 4.42. The van der Waals surface area contributed by atoms with Gasteiger partial charge in [0.2, 0.25) is 0 Å². The zero-order chi connectivity index (χ0) is 13.2. The van der Waals surface area contributed by atoms with Gasteiger partial charge in [0.15, 0.2) is 5.82 Å². The lowest BCUT2D eigenvalue weighted by atomic mass is 10.2. The lowest BCUT2D eigenvalue weighted by molar-refractivity contribution is 0.675. The van der Waals surface area contributed by atoms with Gasteiger partial charge < -0.3 is 5.32 Å². The number of nitrogens with one attached hydrogen (secondary N) is 1. The van der Waals surface area contributed by atoms with E-state index in [-0.39, 0.29) is 0 Å². The number of hydrogen-bond donors (Lipinski definition) is 1. The van der Waals surface area contributed by atoms with Crippen LogP contribution in [-0.2, 0) is 6.54 Å². The first-order valence-electron chi connectivity index (χ1n) is 6.19. The summed E-state index contributed by atoms with van der Waals surface area (Å²) >= 11 is 0. The molecule has 0 atom stereocenters. The predicted octanol–water partition coefficient (Wildman–Crippen LogP) is 2.22. The Hall–Kier alpha value is -2.43. The number of nitrogens with zero attached hydrogens (tertiary/aromatic N) is 4. The monoisotopic (exact) mass is 253 g/mol. The third-order valence-corrected chi connectivity index (χ3v) is 3.00. The van der Waals surface area contributed by atoms with Crippen molar-refractivity contribution in [3.8, 4) is 0 Å². The smallest absolute Gasteiger partial charge is 0.152 e. The van der Waals surface area contributed by atoms with Crippen molar-refractivity contribution in [1.82, 2.24) is 19.7 Å². The number of fused-ring (bicyclic) bond motifs is 1. The Morgan fingerprint density at radius 1 is 1.21 bits per heavy atom. The molecule has 1 aromatic carbocycles. The molecule has 0 amide bonds. The molecule has 0 aliphatic carbocycles. The molecular weight excluding hydrogens is 238 g/mol. The van der Waals surface area contributed by atoms with Crippen molar-refractivity contribution < 1.29 is 0 Å². The molecule has 0 aliphatic rings. The molecule has 0 aliphatic heterocycles. The number of rotatable bonds is 3. The second kappa shape index (κ2) is 4.68. The molecule has 96 valence electrons. The van der Waals surface area contributed by atoms with Gasteiger partial charge in [0.1, 0.15) is 12.4 Å². The predicted molar refractivity (Wildman–Crippen MR) is 75.2 cm³/mol. The summed E-state index contributed by atoms with van der Waals surface area (Å²) < 4.78 is 1.92. The maximum atomic E-state index is 4.45. The van der Waals surface area contributed by atoms with E-state index < -0.39 is 0 Å². The van der Waals surface area contributed by atoms with Crippen LogP contribution in [0.25, 0.3) is 10.9 Å². The van der Waals surface area contributed by atoms with E-state index in [1.165, 1.54) is 0 Å². The molecule has 3 aromatic rings. The van der Waals surface area contributed by atoms with Crippen LogP contribution in [0.5, 0.6) is 0 Å². The van der Waals surface area contributed by atoms with Crippen molar-refractivity contribution in [2.24, 2.45) is 0 Å². The van der Waals surface area contributed by atoms with Gasteiger partial charge in [0.25, 0.3) is 0 Å². The molecule has 19 heavy (non-hydrogen) atoms. The lowest BCUT2D eigenvalue weighted by Gasteiger charge is -2.06. The highest BCUT2D eigenvalue weighted by Crippen LogP contribution is 2.14. The summed E-state index contributed by atoms with van der Waals surface area (Å²) in [4.78, 5) is 8.90. The van der Waals surface area contributed by atoms with Crippen LogP contribution < -0.4 is 5.32 Å². The fourth-order valence-electron chi connectivity index (χ4n) is 2.11. The van der Waals surface area contributed by atoms with Gasteiger partial charge in [-0.15, -0.1) is 0 Å². The molecule has 5 nitrogen and oxygen atoms in total. The molecule has 2 heterocycles. The van der Waals surface area contributed by atoms with Gasteiger partial charge in [0, 0.05) is 24.2 Å². The van der Waals surface area contributed by atoms with E-state index in [1.807, 2.05) is 43.0 Å². The third kappa shape index (κ3) is 2.27. The summed E-state index contributed by atoms with van der Waals surface area (Å²) in [5, 5.41) is 8.56. The second-order valence-electron chi connectivity index (χ2n) is 4.42. The molecule has 5 heteroatoms. The Kier molecular flexibility index (Phi) is 2.87. The van der Waals surface area contributed by atoms with Gasteiger partial charge in [-0.2, -0.15) is 5.10 Å². The van der Waals surface area contributed by atoms with Crippen LogP contribution in [0.15, 0.2) is 36.5 Å². The Morgan fingerprint density at radius 3 is 2.89 bits per heavy atom. The van der Waals surface area contributed by atoms with Crippen molar-refractivity contribution >= 4 is 16.7 Å².